The molecule has 2 aliphatic heterocycles. The standard InChI is InChI=1S/C22H36N6O.HI/c1-23-21(29)16-18-8-13-28(14-9-18)22(24-2)26-17-19-7-10-25-20(15-19)27-11-5-3-4-6-12-27;/h7,10,15,18H,3-6,8-9,11-14,16-17H2,1-2H3,(H,23,29)(H,24,26);1H. The average molecular weight is 528 g/mol. The lowest BCUT2D eigenvalue weighted by atomic mass is 9.93. The van der Waals surface area contributed by atoms with Crippen molar-refractivity contribution in [2.45, 2.75) is 51.5 Å². The first-order valence-electron chi connectivity index (χ1n) is 11.1. The van der Waals surface area contributed by atoms with Crippen molar-refractivity contribution in [1.29, 1.82) is 0 Å². The Morgan fingerprint density at radius 3 is 2.50 bits per heavy atom. The normalized spacial score (nSPS) is 18.4. The van der Waals surface area contributed by atoms with Crippen LogP contribution in [0.4, 0.5) is 5.82 Å². The van der Waals surface area contributed by atoms with Crippen LogP contribution >= 0.6 is 24.0 Å². The summed E-state index contributed by atoms with van der Waals surface area (Å²) in [6, 6.07) is 4.29. The summed E-state index contributed by atoms with van der Waals surface area (Å²) in [5.74, 6) is 2.65. The quantitative estimate of drug-likeness (QED) is 0.350. The maximum atomic E-state index is 11.6. The van der Waals surface area contributed by atoms with Gasteiger partial charge in [0.05, 0.1) is 0 Å². The molecule has 2 saturated heterocycles. The minimum absolute atomic E-state index is 0. The van der Waals surface area contributed by atoms with Gasteiger partial charge in [0.25, 0.3) is 0 Å². The van der Waals surface area contributed by atoms with Gasteiger partial charge in [0, 0.05) is 59.4 Å². The summed E-state index contributed by atoms with van der Waals surface area (Å²) in [6.07, 6.45) is 9.78. The van der Waals surface area contributed by atoms with Crippen molar-refractivity contribution in [2.75, 3.05) is 45.2 Å². The molecule has 3 heterocycles. The van der Waals surface area contributed by atoms with Crippen LogP contribution in [0.5, 0.6) is 0 Å². The van der Waals surface area contributed by atoms with Crippen molar-refractivity contribution in [3.05, 3.63) is 23.9 Å². The van der Waals surface area contributed by atoms with Crippen LogP contribution in [0.3, 0.4) is 0 Å². The zero-order valence-electron chi connectivity index (χ0n) is 18.4. The smallest absolute Gasteiger partial charge is 0.220 e. The third-order valence-electron chi connectivity index (χ3n) is 6.07. The van der Waals surface area contributed by atoms with Gasteiger partial charge in [-0.3, -0.25) is 9.79 Å². The van der Waals surface area contributed by atoms with Crippen LogP contribution in [0, 0.1) is 5.92 Å². The average Bonchev–Trinajstić information content (AvgIpc) is 3.05. The highest BCUT2D eigenvalue weighted by molar-refractivity contribution is 14.0. The Labute approximate surface area is 198 Å². The zero-order chi connectivity index (χ0) is 20.5. The summed E-state index contributed by atoms with van der Waals surface area (Å²) in [5, 5.41) is 6.25. The fourth-order valence-electron chi connectivity index (χ4n) is 4.27. The Bertz CT molecular complexity index is 682. The summed E-state index contributed by atoms with van der Waals surface area (Å²) >= 11 is 0. The molecule has 168 valence electrons. The van der Waals surface area contributed by atoms with Gasteiger partial charge in [-0.15, -0.1) is 24.0 Å². The number of halogens is 1. The second kappa shape index (κ2) is 13.0. The highest BCUT2D eigenvalue weighted by atomic mass is 127. The van der Waals surface area contributed by atoms with Crippen molar-refractivity contribution in [2.24, 2.45) is 10.9 Å². The number of amides is 1. The van der Waals surface area contributed by atoms with E-state index in [0.29, 0.717) is 12.3 Å². The van der Waals surface area contributed by atoms with E-state index < -0.39 is 0 Å². The summed E-state index contributed by atoms with van der Waals surface area (Å²) < 4.78 is 0. The van der Waals surface area contributed by atoms with Gasteiger partial charge in [0.2, 0.25) is 5.91 Å². The molecule has 0 aromatic carbocycles. The van der Waals surface area contributed by atoms with Crippen molar-refractivity contribution < 1.29 is 4.79 Å². The molecule has 2 N–H and O–H groups in total. The fraction of sp³-hybridized carbons (Fsp3) is 0.682. The molecule has 0 atom stereocenters. The van der Waals surface area contributed by atoms with Gasteiger partial charge in [-0.2, -0.15) is 0 Å². The number of hydrogen-bond donors (Lipinski definition) is 2. The number of rotatable bonds is 5. The minimum Gasteiger partial charge on any atom is -0.359 e. The van der Waals surface area contributed by atoms with E-state index in [1.165, 1.54) is 31.2 Å². The molecule has 2 aliphatic rings. The monoisotopic (exact) mass is 528 g/mol. The van der Waals surface area contributed by atoms with Crippen LogP contribution < -0.4 is 15.5 Å². The second-order valence-electron chi connectivity index (χ2n) is 8.13. The lowest BCUT2D eigenvalue weighted by Crippen LogP contribution is -2.45. The number of hydrogen-bond acceptors (Lipinski definition) is 4. The van der Waals surface area contributed by atoms with E-state index in [1.54, 1.807) is 7.05 Å². The highest BCUT2D eigenvalue weighted by Crippen LogP contribution is 2.21. The Hall–Kier alpha value is -1.58. The van der Waals surface area contributed by atoms with Crippen LogP contribution in [0.15, 0.2) is 23.3 Å². The van der Waals surface area contributed by atoms with Crippen LogP contribution in [-0.4, -0.2) is 62.0 Å². The molecule has 0 saturated carbocycles. The van der Waals surface area contributed by atoms with Gasteiger partial charge in [-0.25, -0.2) is 4.98 Å². The van der Waals surface area contributed by atoms with E-state index in [-0.39, 0.29) is 29.9 Å². The van der Waals surface area contributed by atoms with E-state index in [9.17, 15) is 4.79 Å². The number of guanidine groups is 1. The Kier molecular flexibility index (Phi) is 10.7. The maximum absolute atomic E-state index is 11.6. The first-order valence-corrected chi connectivity index (χ1v) is 11.1. The molecule has 2 fully saturated rings. The number of nitrogens with one attached hydrogen (secondary N) is 2. The number of carbonyl (C=O) groups is 1. The third-order valence-corrected chi connectivity index (χ3v) is 6.07. The SMILES string of the molecule is CN=C(NCc1ccnc(N2CCCCCC2)c1)N1CCC(CC(=O)NC)CC1.I. The molecule has 0 unspecified atom stereocenters. The van der Waals surface area contributed by atoms with Gasteiger partial charge in [-0.05, 0) is 49.3 Å². The van der Waals surface area contributed by atoms with E-state index >= 15 is 0 Å². The van der Waals surface area contributed by atoms with Gasteiger partial charge in [0.15, 0.2) is 5.96 Å². The van der Waals surface area contributed by atoms with Gasteiger partial charge in [0.1, 0.15) is 5.82 Å². The molecule has 0 radical (unpaired) electrons. The zero-order valence-corrected chi connectivity index (χ0v) is 20.7. The summed E-state index contributed by atoms with van der Waals surface area (Å²) in [4.78, 5) is 25.4. The van der Waals surface area contributed by atoms with Crippen molar-refractivity contribution in [3.63, 3.8) is 0 Å². The molecule has 3 rings (SSSR count). The van der Waals surface area contributed by atoms with Crippen molar-refractivity contribution in [3.8, 4) is 0 Å². The number of likely N-dealkylation sites (tertiary alicyclic amines) is 1. The second-order valence-corrected chi connectivity index (χ2v) is 8.13. The molecular weight excluding hydrogens is 491 g/mol. The fourth-order valence-corrected chi connectivity index (χ4v) is 4.27. The molecule has 0 spiro atoms. The molecule has 1 aromatic heterocycles. The number of piperidine rings is 1. The Balaban J connectivity index is 0.00000320. The molecule has 0 bridgehead atoms. The van der Waals surface area contributed by atoms with E-state index in [0.717, 1.165) is 57.3 Å². The van der Waals surface area contributed by atoms with Crippen LogP contribution in [0.2, 0.25) is 0 Å². The number of pyridine rings is 1. The molecule has 30 heavy (non-hydrogen) atoms. The topological polar surface area (TPSA) is 72.9 Å². The van der Waals surface area contributed by atoms with Crippen LogP contribution in [0.1, 0.15) is 50.5 Å². The third kappa shape index (κ3) is 7.28. The van der Waals surface area contributed by atoms with Crippen molar-refractivity contribution in [1.82, 2.24) is 20.5 Å². The predicted molar refractivity (Wildman–Crippen MR) is 134 cm³/mol. The lowest BCUT2D eigenvalue weighted by Gasteiger charge is -2.34. The molecular formula is C22H37IN6O. The minimum atomic E-state index is 0. The summed E-state index contributed by atoms with van der Waals surface area (Å²) in [6.45, 7) is 4.84. The molecule has 1 aromatic rings. The number of carbonyl (C=O) groups excluding carboxylic acids is 1. The maximum Gasteiger partial charge on any atom is 0.220 e. The number of aromatic nitrogens is 1. The Morgan fingerprint density at radius 2 is 1.87 bits per heavy atom. The Morgan fingerprint density at radius 1 is 1.17 bits per heavy atom. The number of anilines is 1. The first-order chi connectivity index (χ1) is 14.2. The molecule has 8 heteroatoms. The number of nitrogens with zero attached hydrogens (tertiary/aromatic N) is 4. The van der Waals surface area contributed by atoms with Gasteiger partial charge < -0.3 is 20.4 Å². The summed E-state index contributed by atoms with van der Waals surface area (Å²) in [7, 11) is 3.55. The lowest BCUT2D eigenvalue weighted by molar-refractivity contribution is -0.121. The molecule has 1 amide bonds. The highest BCUT2D eigenvalue weighted by Gasteiger charge is 2.23. The molecule has 7 nitrogen and oxygen atoms in total. The van der Waals surface area contributed by atoms with Crippen molar-refractivity contribution >= 4 is 41.7 Å². The van der Waals surface area contributed by atoms with Gasteiger partial charge >= 0.3 is 0 Å². The van der Waals surface area contributed by atoms with Gasteiger partial charge in [-0.1, -0.05) is 12.8 Å². The van der Waals surface area contributed by atoms with E-state index in [4.69, 9.17) is 0 Å². The van der Waals surface area contributed by atoms with E-state index in [1.807, 2.05) is 13.2 Å². The summed E-state index contributed by atoms with van der Waals surface area (Å²) in [5.41, 5.74) is 1.23. The van der Waals surface area contributed by atoms with Crippen LogP contribution in [-0.2, 0) is 11.3 Å². The van der Waals surface area contributed by atoms with E-state index in [2.05, 4.69) is 42.5 Å². The first kappa shape index (κ1) is 24.7. The largest absolute Gasteiger partial charge is 0.359 e. The molecule has 0 aliphatic carbocycles. The predicted octanol–water partition coefficient (Wildman–Crippen LogP) is 3.00. The van der Waals surface area contributed by atoms with Crippen LogP contribution in [0.25, 0.3) is 0 Å². The number of aliphatic imine (C=N–C) groups is 1.